The summed E-state index contributed by atoms with van der Waals surface area (Å²) < 4.78 is 5.28. The minimum absolute atomic E-state index is 0.00954. The van der Waals surface area contributed by atoms with Crippen LogP contribution in [0.1, 0.15) is 40.0 Å². The summed E-state index contributed by atoms with van der Waals surface area (Å²) in [7, 11) is 0. The maximum Gasteiger partial charge on any atom is 0.237 e. The molecule has 100 valence electrons. The predicted octanol–water partition coefficient (Wildman–Crippen LogP) is 1.29. The van der Waals surface area contributed by atoms with E-state index in [1.54, 1.807) is 0 Å². The van der Waals surface area contributed by atoms with E-state index in [2.05, 4.69) is 19.2 Å². The first-order valence-corrected chi connectivity index (χ1v) is 6.70. The lowest BCUT2D eigenvalue weighted by Gasteiger charge is -2.29. The molecular weight excluding hydrogens is 216 g/mol. The fourth-order valence-electron chi connectivity index (χ4n) is 2.11. The number of carbonyl (C=O) groups excluding carboxylic acids is 1. The Morgan fingerprint density at radius 2 is 2.00 bits per heavy atom. The minimum atomic E-state index is -0.384. The predicted molar refractivity (Wildman–Crippen MR) is 68.6 cm³/mol. The van der Waals surface area contributed by atoms with Crippen LogP contribution in [0.5, 0.6) is 0 Å². The molecule has 3 unspecified atom stereocenters. The Hall–Kier alpha value is -0.610. The third kappa shape index (κ3) is 4.28. The van der Waals surface area contributed by atoms with Crippen molar-refractivity contribution in [2.75, 3.05) is 13.2 Å². The van der Waals surface area contributed by atoms with Crippen LogP contribution in [0.3, 0.4) is 0 Å². The quantitative estimate of drug-likeness (QED) is 0.763. The number of ether oxygens (including phenoxy) is 1. The van der Waals surface area contributed by atoms with Gasteiger partial charge >= 0.3 is 0 Å². The maximum atomic E-state index is 12.0. The molecule has 1 aliphatic rings. The van der Waals surface area contributed by atoms with Gasteiger partial charge in [-0.15, -0.1) is 0 Å². The molecule has 3 atom stereocenters. The highest BCUT2D eigenvalue weighted by Crippen LogP contribution is 2.18. The number of hydrogen-bond acceptors (Lipinski definition) is 3. The van der Waals surface area contributed by atoms with E-state index in [0.29, 0.717) is 5.92 Å². The molecule has 17 heavy (non-hydrogen) atoms. The van der Waals surface area contributed by atoms with Crippen molar-refractivity contribution < 1.29 is 9.53 Å². The second kappa shape index (κ2) is 6.97. The molecule has 4 heteroatoms. The van der Waals surface area contributed by atoms with E-state index in [1.807, 2.05) is 6.92 Å². The van der Waals surface area contributed by atoms with Crippen molar-refractivity contribution in [3.05, 3.63) is 0 Å². The Labute approximate surface area is 104 Å². The summed E-state index contributed by atoms with van der Waals surface area (Å²) in [4.78, 5) is 12.0. The first-order valence-electron chi connectivity index (χ1n) is 6.70. The van der Waals surface area contributed by atoms with Gasteiger partial charge in [0, 0.05) is 19.3 Å². The van der Waals surface area contributed by atoms with E-state index >= 15 is 0 Å². The van der Waals surface area contributed by atoms with E-state index in [0.717, 1.165) is 32.5 Å². The second-order valence-electron chi connectivity index (χ2n) is 5.16. The van der Waals surface area contributed by atoms with E-state index < -0.39 is 0 Å². The van der Waals surface area contributed by atoms with E-state index in [9.17, 15) is 4.79 Å². The van der Waals surface area contributed by atoms with Crippen LogP contribution in [0.15, 0.2) is 0 Å². The number of carbonyl (C=O) groups is 1. The highest BCUT2D eigenvalue weighted by molar-refractivity contribution is 5.82. The highest BCUT2D eigenvalue weighted by Gasteiger charge is 2.27. The number of nitrogens with one attached hydrogen (secondary N) is 1. The SMILES string of the molecule is CCC(C)C(C)NC(=O)C(N)C1CCOCC1. The fraction of sp³-hybridized carbons (Fsp3) is 0.923. The lowest BCUT2D eigenvalue weighted by Crippen LogP contribution is -2.50. The lowest BCUT2D eigenvalue weighted by atomic mass is 9.91. The average Bonchev–Trinajstić information content (AvgIpc) is 2.37. The lowest BCUT2D eigenvalue weighted by molar-refractivity contribution is -0.125. The molecule has 1 aliphatic heterocycles. The van der Waals surface area contributed by atoms with Crippen LogP contribution in [-0.4, -0.2) is 31.2 Å². The Morgan fingerprint density at radius 3 is 2.53 bits per heavy atom. The third-order valence-corrected chi connectivity index (χ3v) is 3.94. The molecule has 0 bridgehead atoms. The Balaban J connectivity index is 2.40. The Morgan fingerprint density at radius 1 is 1.41 bits per heavy atom. The zero-order valence-corrected chi connectivity index (χ0v) is 11.2. The molecule has 1 amide bonds. The zero-order valence-electron chi connectivity index (χ0n) is 11.2. The number of rotatable bonds is 5. The third-order valence-electron chi connectivity index (χ3n) is 3.94. The van der Waals surface area contributed by atoms with Crippen molar-refractivity contribution in [1.29, 1.82) is 0 Å². The van der Waals surface area contributed by atoms with Crippen molar-refractivity contribution in [2.45, 2.75) is 52.1 Å². The standard InChI is InChI=1S/C13H26N2O2/c1-4-9(2)10(3)15-13(16)12(14)11-5-7-17-8-6-11/h9-12H,4-8,14H2,1-3H3,(H,15,16). The molecule has 1 saturated heterocycles. The van der Waals surface area contributed by atoms with Gasteiger partial charge in [0.25, 0.3) is 0 Å². The number of hydrogen-bond donors (Lipinski definition) is 2. The molecule has 1 fully saturated rings. The first kappa shape index (κ1) is 14.5. The fourth-order valence-corrected chi connectivity index (χ4v) is 2.11. The van der Waals surface area contributed by atoms with Gasteiger partial charge in [-0.05, 0) is 31.6 Å². The molecule has 0 aromatic heterocycles. The molecule has 1 rings (SSSR count). The zero-order chi connectivity index (χ0) is 12.8. The van der Waals surface area contributed by atoms with Gasteiger partial charge in [0.1, 0.15) is 0 Å². The molecule has 0 aromatic carbocycles. The second-order valence-corrected chi connectivity index (χ2v) is 5.16. The monoisotopic (exact) mass is 242 g/mol. The summed E-state index contributed by atoms with van der Waals surface area (Å²) in [5.74, 6) is 0.749. The summed E-state index contributed by atoms with van der Waals surface area (Å²) >= 11 is 0. The number of nitrogens with two attached hydrogens (primary N) is 1. The minimum Gasteiger partial charge on any atom is -0.381 e. The summed E-state index contributed by atoms with van der Waals surface area (Å²) in [5.41, 5.74) is 6.01. The first-order chi connectivity index (χ1) is 8.06. The average molecular weight is 242 g/mol. The van der Waals surface area contributed by atoms with Crippen LogP contribution in [0.4, 0.5) is 0 Å². The normalized spacial score (nSPS) is 22.8. The van der Waals surface area contributed by atoms with Crippen LogP contribution in [-0.2, 0) is 9.53 Å². The van der Waals surface area contributed by atoms with Crippen LogP contribution < -0.4 is 11.1 Å². The smallest absolute Gasteiger partial charge is 0.237 e. The van der Waals surface area contributed by atoms with Crippen LogP contribution in [0.25, 0.3) is 0 Å². The molecule has 1 heterocycles. The van der Waals surface area contributed by atoms with Gasteiger partial charge in [0.05, 0.1) is 6.04 Å². The summed E-state index contributed by atoms with van der Waals surface area (Å²) in [6.07, 6.45) is 2.85. The topological polar surface area (TPSA) is 64.4 Å². The van der Waals surface area contributed by atoms with E-state index in [1.165, 1.54) is 0 Å². The van der Waals surface area contributed by atoms with Crippen LogP contribution >= 0.6 is 0 Å². The van der Waals surface area contributed by atoms with Gasteiger partial charge < -0.3 is 15.8 Å². The molecular formula is C13H26N2O2. The largest absolute Gasteiger partial charge is 0.381 e. The van der Waals surface area contributed by atoms with Gasteiger partial charge in [-0.2, -0.15) is 0 Å². The highest BCUT2D eigenvalue weighted by atomic mass is 16.5. The van der Waals surface area contributed by atoms with Crippen molar-refractivity contribution in [3.8, 4) is 0 Å². The molecule has 0 saturated carbocycles. The van der Waals surface area contributed by atoms with Gasteiger partial charge in [-0.25, -0.2) is 0 Å². The molecule has 0 radical (unpaired) electrons. The molecule has 0 spiro atoms. The Bertz CT molecular complexity index is 240. The maximum absolute atomic E-state index is 12.0. The van der Waals surface area contributed by atoms with E-state index in [4.69, 9.17) is 10.5 Å². The summed E-state index contributed by atoms with van der Waals surface area (Å²) in [5, 5.41) is 3.02. The van der Waals surface area contributed by atoms with Gasteiger partial charge in [-0.1, -0.05) is 20.3 Å². The van der Waals surface area contributed by atoms with Crippen LogP contribution in [0.2, 0.25) is 0 Å². The molecule has 3 N–H and O–H groups in total. The molecule has 4 nitrogen and oxygen atoms in total. The molecule has 0 aliphatic carbocycles. The van der Waals surface area contributed by atoms with Gasteiger partial charge in [0.15, 0.2) is 0 Å². The summed E-state index contributed by atoms with van der Waals surface area (Å²) in [6.45, 7) is 7.78. The van der Waals surface area contributed by atoms with E-state index in [-0.39, 0.29) is 23.9 Å². The molecule has 0 aromatic rings. The Kier molecular flexibility index (Phi) is 5.92. The van der Waals surface area contributed by atoms with Crippen molar-refractivity contribution >= 4 is 5.91 Å². The van der Waals surface area contributed by atoms with Crippen molar-refractivity contribution in [2.24, 2.45) is 17.6 Å². The summed E-state index contributed by atoms with van der Waals surface area (Å²) in [6, 6.07) is -0.191. The van der Waals surface area contributed by atoms with Crippen molar-refractivity contribution in [3.63, 3.8) is 0 Å². The van der Waals surface area contributed by atoms with Crippen molar-refractivity contribution in [1.82, 2.24) is 5.32 Å². The van der Waals surface area contributed by atoms with Gasteiger partial charge in [0.2, 0.25) is 5.91 Å². The number of amides is 1. The van der Waals surface area contributed by atoms with Crippen LogP contribution in [0, 0.1) is 11.8 Å². The van der Waals surface area contributed by atoms with Gasteiger partial charge in [-0.3, -0.25) is 4.79 Å².